The summed E-state index contributed by atoms with van der Waals surface area (Å²) in [5.41, 5.74) is 0.912. The maximum absolute atomic E-state index is 12.3. The fourth-order valence-corrected chi connectivity index (χ4v) is 3.06. The molecule has 0 aliphatic carbocycles. The zero-order valence-electron chi connectivity index (χ0n) is 14.1. The van der Waals surface area contributed by atoms with Crippen LogP contribution in [0, 0.1) is 0 Å². The number of carbonyl (C=O) groups is 1. The summed E-state index contributed by atoms with van der Waals surface area (Å²) in [6.07, 6.45) is 0. The number of nitrogens with zero attached hydrogens (tertiary/aromatic N) is 1. The Morgan fingerprint density at radius 2 is 1.60 bits per heavy atom. The smallest absolute Gasteiger partial charge is 0.261 e. The van der Waals surface area contributed by atoms with Gasteiger partial charge in [0, 0.05) is 24.3 Å². The van der Waals surface area contributed by atoms with Crippen molar-refractivity contribution in [3.8, 4) is 0 Å². The molecule has 0 bridgehead atoms. The van der Waals surface area contributed by atoms with Gasteiger partial charge < -0.3 is 10.2 Å². The van der Waals surface area contributed by atoms with Gasteiger partial charge >= 0.3 is 0 Å². The normalized spacial score (nSPS) is 10.8. The SMILES string of the molecule is CN(C)CCNC(=O)c1ccc(S(=O)(=O)Nc2ccccc2)cc1.Cl. The van der Waals surface area contributed by atoms with Gasteiger partial charge in [0.15, 0.2) is 0 Å². The van der Waals surface area contributed by atoms with Crippen LogP contribution < -0.4 is 10.0 Å². The van der Waals surface area contributed by atoms with Crippen LogP contribution in [0.4, 0.5) is 5.69 Å². The molecule has 0 fully saturated rings. The highest BCUT2D eigenvalue weighted by Gasteiger charge is 2.15. The second-order valence-electron chi connectivity index (χ2n) is 5.56. The van der Waals surface area contributed by atoms with E-state index in [0.29, 0.717) is 17.8 Å². The number of hydrogen-bond donors (Lipinski definition) is 2. The maximum atomic E-state index is 12.3. The van der Waals surface area contributed by atoms with Crippen LogP contribution in [0.25, 0.3) is 0 Å². The number of anilines is 1. The maximum Gasteiger partial charge on any atom is 0.261 e. The molecule has 0 saturated carbocycles. The zero-order chi connectivity index (χ0) is 17.6. The number of halogens is 1. The first kappa shape index (κ1) is 21.0. The lowest BCUT2D eigenvalue weighted by Crippen LogP contribution is -2.31. The van der Waals surface area contributed by atoms with Crippen molar-refractivity contribution >= 4 is 34.0 Å². The topological polar surface area (TPSA) is 78.5 Å². The monoisotopic (exact) mass is 383 g/mol. The van der Waals surface area contributed by atoms with E-state index in [4.69, 9.17) is 0 Å². The van der Waals surface area contributed by atoms with Gasteiger partial charge in [-0.1, -0.05) is 18.2 Å². The third-order valence-electron chi connectivity index (χ3n) is 3.30. The Labute approximate surface area is 154 Å². The van der Waals surface area contributed by atoms with Crippen LogP contribution in [0.1, 0.15) is 10.4 Å². The van der Waals surface area contributed by atoms with Gasteiger partial charge in [-0.2, -0.15) is 0 Å². The fraction of sp³-hybridized carbons (Fsp3) is 0.235. The number of amides is 1. The number of hydrogen-bond acceptors (Lipinski definition) is 4. The molecule has 0 atom stereocenters. The Hall–Kier alpha value is -2.09. The molecule has 0 aromatic heterocycles. The fourth-order valence-electron chi connectivity index (χ4n) is 2.00. The molecule has 2 N–H and O–H groups in total. The van der Waals surface area contributed by atoms with E-state index >= 15 is 0 Å². The van der Waals surface area contributed by atoms with Crippen LogP contribution in [0.3, 0.4) is 0 Å². The first-order valence-corrected chi connectivity index (χ1v) is 8.98. The van der Waals surface area contributed by atoms with Crippen LogP contribution in [0.2, 0.25) is 0 Å². The summed E-state index contributed by atoms with van der Waals surface area (Å²) < 4.78 is 27.1. The van der Waals surface area contributed by atoms with Crippen LogP contribution >= 0.6 is 12.4 Å². The minimum absolute atomic E-state index is 0. The molecule has 6 nitrogen and oxygen atoms in total. The van der Waals surface area contributed by atoms with Crippen molar-refractivity contribution in [2.45, 2.75) is 4.90 Å². The molecule has 2 aromatic rings. The molecule has 2 aromatic carbocycles. The number of carbonyl (C=O) groups excluding carboxylic acids is 1. The molecule has 0 aliphatic rings. The van der Waals surface area contributed by atoms with E-state index in [2.05, 4.69) is 10.0 Å². The highest BCUT2D eigenvalue weighted by molar-refractivity contribution is 7.92. The van der Waals surface area contributed by atoms with E-state index in [1.807, 2.05) is 25.1 Å². The van der Waals surface area contributed by atoms with Gasteiger partial charge in [-0.3, -0.25) is 9.52 Å². The number of rotatable bonds is 7. The Morgan fingerprint density at radius 1 is 1.00 bits per heavy atom. The predicted molar refractivity (Wildman–Crippen MR) is 102 cm³/mol. The minimum Gasteiger partial charge on any atom is -0.351 e. The summed E-state index contributed by atoms with van der Waals surface area (Å²) in [6, 6.07) is 14.5. The van der Waals surface area contributed by atoms with Crippen molar-refractivity contribution in [3.63, 3.8) is 0 Å². The summed E-state index contributed by atoms with van der Waals surface area (Å²) >= 11 is 0. The highest BCUT2D eigenvalue weighted by atomic mass is 35.5. The van der Waals surface area contributed by atoms with Gasteiger partial charge in [0.05, 0.1) is 4.90 Å². The average Bonchev–Trinajstić information content (AvgIpc) is 2.55. The third-order valence-corrected chi connectivity index (χ3v) is 4.69. The van der Waals surface area contributed by atoms with Crippen LogP contribution in [-0.2, 0) is 10.0 Å². The second kappa shape index (κ2) is 9.41. The first-order chi connectivity index (χ1) is 11.4. The lowest BCUT2D eigenvalue weighted by atomic mass is 10.2. The molecule has 8 heteroatoms. The third kappa shape index (κ3) is 6.38. The van der Waals surface area contributed by atoms with E-state index in [1.165, 1.54) is 24.3 Å². The molecule has 2 rings (SSSR count). The summed E-state index contributed by atoms with van der Waals surface area (Å²) in [5, 5.41) is 2.78. The summed E-state index contributed by atoms with van der Waals surface area (Å²) in [5.74, 6) is -0.225. The molecule has 0 saturated heterocycles. The van der Waals surface area contributed by atoms with Crippen molar-refractivity contribution in [2.75, 3.05) is 31.9 Å². The van der Waals surface area contributed by atoms with E-state index in [0.717, 1.165) is 6.54 Å². The molecule has 136 valence electrons. The van der Waals surface area contributed by atoms with Crippen LogP contribution in [0.15, 0.2) is 59.5 Å². The Morgan fingerprint density at radius 3 is 2.16 bits per heavy atom. The number of benzene rings is 2. The van der Waals surface area contributed by atoms with Gasteiger partial charge in [0.2, 0.25) is 0 Å². The van der Waals surface area contributed by atoms with E-state index in [1.54, 1.807) is 24.3 Å². The zero-order valence-corrected chi connectivity index (χ0v) is 15.7. The minimum atomic E-state index is -3.67. The standard InChI is InChI=1S/C17H21N3O3S.ClH/c1-20(2)13-12-18-17(21)14-8-10-16(11-9-14)24(22,23)19-15-6-4-3-5-7-15;/h3-11,19H,12-13H2,1-2H3,(H,18,21);1H. The average molecular weight is 384 g/mol. The summed E-state index contributed by atoms with van der Waals surface area (Å²) in [6.45, 7) is 1.26. The van der Waals surface area contributed by atoms with E-state index < -0.39 is 10.0 Å². The molecular weight excluding hydrogens is 362 g/mol. The second-order valence-corrected chi connectivity index (χ2v) is 7.24. The van der Waals surface area contributed by atoms with Gasteiger partial charge in [-0.05, 0) is 50.5 Å². The van der Waals surface area contributed by atoms with E-state index in [9.17, 15) is 13.2 Å². The predicted octanol–water partition coefficient (Wildman–Crippen LogP) is 2.20. The van der Waals surface area contributed by atoms with Gasteiger partial charge in [0.1, 0.15) is 0 Å². The van der Waals surface area contributed by atoms with Gasteiger partial charge in [-0.15, -0.1) is 12.4 Å². The van der Waals surface area contributed by atoms with Crippen molar-refractivity contribution in [1.29, 1.82) is 0 Å². The van der Waals surface area contributed by atoms with Crippen molar-refractivity contribution < 1.29 is 13.2 Å². The lowest BCUT2D eigenvalue weighted by molar-refractivity contribution is 0.0951. The van der Waals surface area contributed by atoms with Gasteiger partial charge in [0.25, 0.3) is 15.9 Å². The number of nitrogens with one attached hydrogen (secondary N) is 2. The lowest BCUT2D eigenvalue weighted by Gasteiger charge is -2.11. The molecule has 25 heavy (non-hydrogen) atoms. The molecule has 0 heterocycles. The molecule has 1 amide bonds. The molecule has 0 spiro atoms. The first-order valence-electron chi connectivity index (χ1n) is 7.49. The highest BCUT2D eigenvalue weighted by Crippen LogP contribution is 2.16. The molecule has 0 unspecified atom stereocenters. The van der Waals surface area contributed by atoms with E-state index in [-0.39, 0.29) is 23.2 Å². The van der Waals surface area contributed by atoms with Crippen molar-refractivity contribution in [1.82, 2.24) is 10.2 Å². The van der Waals surface area contributed by atoms with Crippen molar-refractivity contribution in [2.24, 2.45) is 0 Å². The number of likely N-dealkylation sites (N-methyl/N-ethyl adjacent to an activating group) is 1. The Balaban J connectivity index is 0.00000312. The summed E-state index contributed by atoms with van der Waals surface area (Å²) in [4.78, 5) is 14.1. The summed E-state index contributed by atoms with van der Waals surface area (Å²) in [7, 11) is 0.172. The Kier molecular flexibility index (Phi) is 7.89. The quantitative estimate of drug-likeness (QED) is 0.768. The van der Waals surface area contributed by atoms with Crippen molar-refractivity contribution in [3.05, 3.63) is 60.2 Å². The number of sulfonamides is 1. The van der Waals surface area contributed by atoms with Crippen LogP contribution in [0.5, 0.6) is 0 Å². The van der Waals surface area contributed by atoms with Gasteiger partial charge in [-0.25, -0.2) is 8.42 Å². The number of para-hydroxylation sites is 1. The molecular formula is C17H22ClN3O3S. The molecule has 0 aliphatic heterocycles. The van der Waals surface area contributed by atoms with Crippen LogP contribution in [-0.4, -0.2) is 46.4 Å². The molecule has 0 radical (unpaired) electrons. The Bertz CT molecular complexity index is 779. The largest absolute Gasteiger partial charge is 0.351 e.